The quantitative estimate of drug-likeness (QED) is 0.173. The van der Waals surface area contributed by atoms with Crippen molar-refractivity contribution in [3.63, 3.8) is 0 Å². The summed E-state index contributed by atoms with van der Waals surface area (Å²) in [6, 6.07) is 0.894. The van der Waals surface area contributed by atoms with Crippen LogP contribution in [-0.4, -0.2) is 82.2 Å². The third-order valence-electron chi connectivity index (χ3n) is 8.10. The van der Waals surface area contributed by atoms with E-state index in [0.717, 1.165) is 0 Å². The molecule has 214 valence electrons. The fourth-order valence-corrected chi connectivity index (χ4v) is 5.67. The lowest BCUT2D eigenvalue weighted by molar-refractivity contribution is -0.909. The molecule has 1 N–H and O–H groups in total. The summed E-state index contributed by atoms with van der Waals surface area (Å²) in [6.45, 7) is 8.63. The van der Waals surface area contributed by atoms with Crippen LogP contribution >= 0.6 is 0 Å². The second-order valence-corrected chi connectivity index (χ2v) is 11.4. The standard InChI is InChI=1S/C20H42N2.C6H3N3O7/c1-21(15-9-3-4-10-16-21)19-13-7-8-14-20-22(2)17-11-5-6-12-18-22;10-6-4(8(13)14)1-3(7(11)12)2-5(6)9(15)16/h3-20H2,1-2H3;1-2,10H/q+2;. The zero-order valence-corrected chi connectivity index (χ0v) is 23.0. The predicted octanol–water partition coefficient (Wildman–Crippen LogP) is 5.70. The van der Waals surface area contributed by atoms with E-state index in [1.54, 1.807) is 0 Å². The number of benzene rings is 1. The molecule has 2 saturated heterocycles. The molecule has 1 aromatic rings. The average Bonchev–Trinajstić information content (AvgIpc) is 3.21. The van der Waals surface area contributed by atoms with Gasteiger partial charge in [-0.15, -0.1) is 0 Å². The summed E-state index contributed by atoms with van der Waals surface area (Å²) >= 11 is 0. The van der Waals surface area contributed by atoms with E-state index < -0.39 is 37.6 Å². The lowest BCUT2D eigenvalue weighted by Crippen LogP contribution is -2.45. The predicted molar refractivity (Wildman–Crippen MR) is 145 cm³/mol. The molecular weight excluding hydrogens is 494 g/mol. The van der Waals surface area contributed by atoms with Crippen LogP contribution in [0.5, 0.6) is 5.75 Å². The summed E-state index contributed by atoms with van der Waals surface area (Å²) in [5, 5.41) is 40.2. The average molecular weight is 540 g/mol. The fourth-order valence-electron chi connectivity index (χ4n) is 5.67. The van der Waals surface area contributed by atoms with E-state index in [1.807, 2.05) is 0 Å². The van der Waals surface area contributed by atoms with Gasteiger partial charge in [-0.1, -0.05) is 0 Å². The number of phenols is 1. The number of nitro groups is 3. The van der Waals surface area contributed by atoms with Gasteiger partial charge in [0.2, 0.25) is 0 Å². The minimum Gasteiger partial charge on any atom is -0.497 e. The Labute approximate surface area is 224 Å². The van der Waals surface area contributed by atoms with Gasteiger partial charge in [-0.25, -0.2) is 0 Å². The third-order valence-corrected chi connectivity index (χ3v) is 8.10. The van der Waals surface area contributed by atoms with Crippen LogP contribution in [0.2, 0.25) is 0 Å². The first kappa shape index (κ1) is 31.4. The molecule has 1 aromatic carbocycles. The van der Waals surface area contributed by atoms with Crippen molar-refractivity contribution in [3.8, 4) is 5.75 Å². The first-order valence-electron chi connectivity index (χ1n) is 13.9. The van der Waals surface area contributed by atoms with Crippen LogP contribution in [0, 0.1) is 30.3 Å². The molecule has 12 nitrogen and oxygen atoms in total. The maximum atomic E-state index is 10.4. The van der Waals surface area contributed by atoms with Gasteiger partial charge in [0.05, 0.1) is 80.3 Å². The Morgan fingerprint density at radius 2 is 0.974 bits per heavy atom. The summed E-state index contributed by atoms with van der Waals surface area (Å²) in [5.74, 6) is -1.21. The zero-order chi connectivity index (χ0) is 28.2. The van der Waals surface area contributed by atoms with E-state index in [1.165, 1.54) is 125 Å². The Bertz CT molecular complexity index is 875. The van der Waals surface area contributed by atoms with Crippen molar-refractivity contribution in [2.24, 2.45) is 0 Å². The van der Waals surface area contributed by atoms with Crippen LogP contribution in [0.3, 0.4) is 0 Å². The van der Waals surface area contributed by atoms with Gasteiger partial charge in [0.15, 0.2) is 0 Å². The van der Waals surface area contributed by atoms with Crippen molar-refractivity contribution in [2.75, 3.05) is 53.4 Å². The van der Waals surface area contributed by atoms with E-state index in [0.29, 0.717) is 12.1 Å². The van der Waals surface area contributed by atoms with Crippen LogP contribution < -0.4 is 0 Å². The van der Waals surface area contributed by atoms with Crippen molar-refractivity contribution < 1.29 is 28.8 Å². The molecule has 0 aromatic heterocycles. The van der Waals surface area contributed by atoms with Gasteiger partial charge in [-0.3, -0.25) is 30.3 Å². The van der Waals surface area contributed by atoms with Crippen molar-refractivity contribution in [3.05, 3.63) is 42.5 Å². The monoisotopic (exact) mass is 539 g/mol. The lowest BCUT2D eigenvalue weighted by atomic mass is 10.1. The number of non-ortho nitro benzene ring substituents is 1. The van der Waals surface area contributed by atoms with Crippen molar-refractivity contribution in [2.45, 2.75) is 77.0 Å². The zero-order valence-electron chi connectivity index (χ0n) is 23.0. The van der Waals surface area contributed by atoms with Gasteiger partial charge in [-0.05, 0) is 77.0 Å². The highest BCUT2D eigenvalue weighted by Gasteiger charge is 2.30. The fraction of sp³-hybridized carbons (Fsp3) is 0.769. The van der Waals surface area contributed by atoms with E-state index in [2.05, 4.69) is 14.1 Å². The molecule has 0 aliphatic carbocycles. The molecule has 2 aliphatic heterocycles. The Morgan fingerprint density at radius 3 is 1.26 bits per heavy atom. The number of likely N-dealkylation sites (tertiary alicyclic amines) is 2. The van der Waals surface area contributed by atoms with Crippen molar-refractivity contribution in [1.82, 2.24) is 0 Å². The number of hydrogen-bond acceptors (Lipinski definition) is 7. The highest BCUT2D eigenvalue weighted by molar-refractivity contribution is 5.64. The molecule has 0 amide bonds. The number of aromatic hydroxyl groups is 1. The van der Waals surface area contributed by atoms with Gasteiger partial charge >= 0.3 is 11.4 Å². The van der Waals surface area contributed by atoms with E-state index in [-0.39, 0.29) is 0 Å². The number of hydrogen-bond donors (Lipinski definition) is 1. The summed E-state index contributed by atoms with van der Waals surface area (Å²) < 4.78 is 2.74. The minimum absolute atomic E-state index is 0.447. The smallest absolute Gasteiger partial charge is 0.324 e. The topological polar surface area (TPSA) is 150 Å². The van der Waals surface area contributed by atoms with Gasteiger partial charge in [0.25, 0.3) is 11.4 Å². The molecule has 38 heavy (non-hydrogen) atoms. The van der Waals surface area contributed by atoms with Crippen LogP contribution in [0.4, 0.5) is 17.1 Å². The largest absolute Gasteiger partial charge is 0.497 e. The third kappa shape index (κ3) is 10.1. The molecule has 2 heterocycles. The van der Waals surface area contributed by atoms with Crippen LogP contribution in [0.25, 0.3) is 0 Å². The van der Waals surface area contributed by atoms with Crippen molar-refractivity contribution in [1.29, 1.82) is 0 Å². The first-order valence-corrected chi connectivity index (χ1v) is 13.9. The van der Waals surface area contributed by atoms with Crippen LogP contribution in [-0.2, 0) is 0 Å². The molecular formula is C26H45N5O7+2. The van der Waals surface area contributed by atoms with Crippen molar-refractivity contribution >= 4 is 17.1 Å². The molecule has 0 unspecified atom stereocenters. The lowest BCUT2D eigenvalue weighted by Gasteiger charge is -2.34. The summed E-state index contributed by atoms with van der Waals surface area (Å²) in [7, 11) is 5.02. The van der Waals surface area contributed by atoms with Gasteiger partial charge in [0.1, 0.15) is 0 Å². The minimum atomic E-state index is -1.21. The Balaban J connectivity index is 0.000000281. The van der Waals surface area contributed by atoms with E-state index >= 15 is 0 Å². The molecule has 2 aliphatic rings. The second kappa shape index (κ2) is 14.9. The molecule has 2 fully saturated rings. The summed E-state index contributed by atoms with van der Waals surface area (Å²) in [6.07, 6.45) is 17.6. The molecule has 0 atom stereocenters. The van der Waals surface area contributed by atoms with E-state index in [9.17, 15) is 30.3 Å². The Kier molecular flexibility index (Phi) is 12.3. The number of unbranched alkanes of at least 4 members (excludes halogenated alkanes) is 3. The van der Waals surface area contributed by atoms with E-state index in [4.69, 9.17) is 5.11 Å². The second-order valence-electron chi connectivity index (χ2n) is 11.4. The number of nitro benzene ring substituents is 3. The normalized spacial score (nSPS) is 18.8. The Morgan fingerprint density at radius 1 is 0.632 bits per heavy atom. The maximum Gasteiger partial charge on any atom is 0.324 e. The summed E-state index contributed by atoms with van der Waals surface area (Å²) in [4.78, 5) is 27.8. The SMILES string of the molecule is C[N+]1(CCCCCC[N+]2(C)CCCCCC2)CCCCCC1.O=[N+]([O-])c1cc([N+](=O)[O-])c(O)c([N+](=O)[O-])c1. The van der Waals surface area contributed by atoms with Gasteiger partial charge < -0.3 is 14.1 Å². The Hall–Kier alpha value is -2.86. The molecule has 0 saturated carbocycles. The van der Waals surface area contributed by atoms with Gasteiger partial charge in [-0.2, -0.15) is 0 Å². The molecule has 0 radical (unpaired) electrons. The number of rotatable bonds is 10. The van der Waals surface area contributed by atoms with Crippen LogP contribution in [0.1, 0.15) is 77.0 Å². The molecule has 0 bridgehead atoms. The molecule has 12 heteroatoms. The summed E-state index contributed by atoms with van der Waals surface area (Å²) in [5.41, 5.74) is -3.00. The number of phenolic OH excluding ortho intramolecular Hbond substituents is 1. The number of nitrogens with zero attached hydrogens (tertiary/aromatic N) is 5. The highest BCUT2D eigenvalue weighted by Crippen LogP contribution is 2.39. The number of quaternary nitrogens is 2. The maximum absolute atomic E-state index is 10.4. The molecule has 0 spiro atoms. The van der Waals surface area contributed by atoms with Gasteiger partial charge in [0, 0.05) is 0 Å². The van der Waals surface area contributed by atoms with Crippen LogP contribution in [0.15, 0.2) is 12.1 Å². The highest BCUT2D eigenvalue weighted by atomic mass is 16.6. The first-order chi connectivity index (χ1) is 18.0. The molecule has 3 rings (SSSR count).